The van der Waals surface area contributed by atoms with Gasteiger partial charge in [-0.1, -0.05) is 184 Å². The van der Waals surface area contributed by atoms with Crippen LogP contribution < -0.4 is 9.80 Å². The molecule has 0 unspecified atom stereocenters. The highest BCUT2D eigenvalue weighted by atomic mass is 16.3. The number of anilines is 6. The van der Waals surface area contributed by atoms with E-state index in [1.807, 2.05) is 0 Å². The van der Waals surface area contributed by atoms with Crippen LogP contribution in [0, 0.1) is 27.7 Å². The summed E-state index contributed by atoms with van der Waals surface area (Å²) in [4.78, 5) is 4.76. The highest BCUT2D eigenvalue weighted by molar-refractivity contribution is 6.21. The topological polar surface area (TPSA) is 59.0 Å². The fraction of sp³-hybridized carbons (Fsp3) is 0.0864. The molecule has 0 bridgehead atoms. The normalized spacial score (nSPS) is 12.1. The van der Waals surface area contributed by atoms with Gasteiger partial charge in [0.05, 0.1) is 11.4 Å². The molecule has 4 heterocycles. The van der Waals surface area contributed by atoms with Gasteiger partial charge in [0.2, 0.25) is 0 Å². The molecular formula is C81H58N2O4. The number of hydrogen-bond acceptors (Lipinski definition) is 6. The molecule has 0 saturated carbocycles. The molecule has 416 valence electrons. The molecule has 0 aliphatic rings. The summed E-state index contributed by atoms with van der Waals surface area (Å²) in [5.41, 5.74) is 23.2. The standard InChI is InChI=1S/C81H58N2O4/c1-46(2)73-74-67-42-54-34-36-58(83(69-30-16-14-20-48(69)4)76-50(6)32-38-64-62-28-18-26-60(78(62)87-81(64)76)52-23-11-8-12-24-52)40-56(54)44-71(67)84-72(74)45-66-65-41-53-33-35-57(39-55(53)43-70(65)85-79(66)73)82(68-29-15-13-19-47(68)3)75-49(5)31-37-63-61-27-17-25-59(77(61)86-80(63)75)51-21-9-7-10-22-51/h7-46H,1-6H3. The molecule has 0 aliphatic carbocycles. The van der Waals surface area contributed by atoms with E-state index in [0.717, 1.165) is 193 Å². The number of furan rings is 4. The summed E-state index contributed by atoms with van der Waals surface area (Å²) in [6.07, 6.45) is 0. The summed E-state index contributed by atoms with van der Waals surface area (Å²) in [5, 5.41) is 13.0. The maximum absolute atomic E-state index is 7.15. The summed E-state index contributed by atoms with van der Waals surface area (Å²) >= 11 is 0. The molecule has 0 aliphatic heterocycles. The smallest absolute Gasteiger partial charge is 0.159 e. The summed E-state index contributed by atoms with van der Waals surface area (Å²) < 4.78 is 28.4. The molecule has 6 heteroatoms. The second-order valence-corrected chi connectivity index (χ2v) is 23.9. The Morgan fingerprint density at radius 3 is 1.28 bits per heavy atom. The lowest BCUT2D eigenvalue weighted by atomic mass is 9.93. The van der Waals surface area contributed by atoms with E-state index in [1.165, 1.54) is 0 Å². The van der Waals surface area contributed by atoms with Gasteiger partial charge in [-0.15, -0.1) is 0 Å². The minimum absolute atomic E-state index is 0.128. The largest absolute Gasteiger partial charge is 0.456 e. The van der Waals surface area contributed by atoms with Crippen LogP contribution in [0.3, 0.4) is 0 Å². The Bertz CT molecular complexity index is 5450. The van der Waals surface area contributed by atoms with Crippen molar-refractivity contribution < 1.29 is 17.7 Å². The Kier molecular flexibility index (Phi) is 11.3. The van der Waals surface area contributed by atoms with Gasteiger partial charge >= 0.3 is 0 Å². The average molecular weight is 1120 g/mol. The zero-order valence-electron chi connectivity index (χ0n) is 49.1. The highest BCUT2D eigenvalue weighted by Gasteiger charge is 2.28. The Morgan fingerprint density at radius 2 is 0.770 bits per heavy atom. The summed E-state index contributed by atoms with van der Waals surface area (Å²) in [5.74, 6) is 0.128. The fourth-order valence-corrected chi connectivity index (χ4v) is 14.0. The molecular weight excluding hydrogens is 1060 g/mol. The second-order valence-electron chi connectivity index (χ2n) is 23.9. The number of hydrogen-bond donors (Lipinski definition) is 0. The van der Waals surface area contributed by atoms with Crippen LogP contribution in [-0.4, -0.2) is 0 Å². The van der Waals surface area contributed by atoms with Gasteiger partial charge in [-0.3, -0.25) is 0 Å². The molecule has 17 rings (SSSR count). The van der Waals surface area contributed by atoms with E-state index in [0.29, 0.717) is 0 Å². The van der Waals surface area contributed by atoms with Crippen LogP contribution in [0.4, 0.5) is 34.1 Å². The lowest BCUT2D eigenvalue weighted by molar-refractivity contribution is 0.655. The van der Waals surface area contributed by atoms with E-state index in [4.69, 9.17) is 17.7 Å². The van der Waals surface area contributed by atoms with E-state index >= 15 is 0 Å². The number of benzene rings is 13. The van der Waals surface area contributed by atoms with Gasteiger partial charge in [-0.05, 0) is 155 Å². The van der Waals surface area contributed by atoms with Crippen LogP contribution in [-0.2, 0) is 0 Å². The maximum Gasteiger partial charge on any atom is 0.159 e. The number of rotatable bonds is 9. The van der Waals surface area contributed by atoms with Crippen LogP contribution in [0.25, 0.3) is 132 Å². The van der Waals surface area contributed by atoms with Crippen molar-refractivity contribution in [3.05, 3.63) is 264 Å². The van der Waals surface area contributed by atoms with Crippen molar-refractivity contribution in [2.75, 3.05) is 9.80 Å². The van der Waals surface area contributed by atoms with Crippen molar-refractivity contribution in [1.82, 2.24) is 0 Å². The molecule has 0 amide bonds. The lowest BCUT2D eigenvalue weighted by Gasteiger charge is -2.28. The summed E-state index contributed by atoms with van der Waals surface area (Å²) in [6, 6.07) is 84.9. The van der Waals surface area contributed by atoms with E-state index in [9.17, 15) is 0 Å². The lowest BCUT2D eigenvalue weighted by Crippen LogP contribution is -2.13. The molecule has 17 aromatic rings. The van der Waals surface area contributed by atoms with Gasteiger partial charge in [-0.2, -0.15) is 0 Å². The van der Waals surface area contributed by atoms with Crippen LogP contribution in [0.1, 0.15) is 47.6 Å². The Labute approximate surface area is 502 Å². The first-order valence-corrected chi connectivity index (χ1v) is 30.1. The van der Waals surface area contributed by atoms with Gasteiger partial charge in [0.25, 0.3) is 0 Å². The Balaban J connectivity index is 0.799. The summed E-state index contributed by atoms with van der Waals surface area (Å²) in [7, 11) is 0. The fourth-order valence-electron chi connectivity index (χ4n) is 14.0. The number of aryl methyl sites for hydroxylation is 4. The van der Waals surface area contributed by atoms with Gasteiger partial charge in [-0.25, -0.2) is 0 Å². The molecule has 13 aromatic carbocycles. The number of fused-ring (bicyclic) bond motifs is 14. The van der Waals surface area contributed by atoms with E-state index in [-0.39, 0.29) is 5.92 Å². The molecule has 0 atom stereocenters. The molecule has 0 spiro atoms. The monoisotopic (exact) mass is 1120 g/mol. The van der Waals surface area contributed by atoms with E-state index in [2.05, 4.69) is 288 Å². The van der Waals surface area contributed by atoms with E-state index in [1.54, 1.807) is 0 Å². The van der Waals surface area contributed by atoms with Crippen molar-refractivity contribution in [3.63, 3.8) is 0 Å². The van der Waals surface area contributed by atoms with Gasteiger partial charge in [0.15, 0.2) is 11.2 Å². The molecule has 6 nitrogen and oxygen atoms in total. The minimum Gasteiger partial charge on any atom is -0.456 e. The zero-order valence-corrected chi connectivity index (χ0v) is 49.1. The zero-order chi connectivity index (χ0) is 58.3. The number of nitrogens with zero attached hydrogens (tertiary/aromatic N) is 2. The van der Waals surface area contributed by atoms with Crippen molar-refractivity contribution in [2.24, 2.45) is 0 Å². The van der Waals surface area contributed by atoms with Crippen molar-refractivity contribution in [2.45, 2.75) is 47.5 Å². The first-order valence-electron chi connectivity index (χ1n) is 30.1. The Hall–Kier alpha value is -10.8. The van der Waals surface area contributed by atoms with Crippen molar-refractivity contribution in [3.8, 4) is 22.3 Å². The SMILES string of the molecule is Cc1ccccc1N(c1ccc2cc3c(cc2c1)oc1c(C(C)C)c2c(cc13)oc1cc3cc(N(c4ccccc4C)c4c(C)ccc5c4oc4c(-c6ccccc6)cccc45)ccc3cc12)c1c(C)ccc2c1oc1c(-c3ccccc3)cccc12. The predicted molar refractivity (Wildman–Crippen MR) is 364 cm³/mol. The molecule has 0 fully saturated rings. The summed E-state index contributed by atoms with van der Waals surface area (Å²) in [6.45, 7) is 13.3. The van der Waals surface area contributed by atoms with Gasteiger partial charge < -0.3 is 27.5 Å². The Morgan fingerprint density at radius 1 is 0.299 bits per heavy atom. The minimum atomic E-state index is 0.128. The van der Waals surface area contributed by atoms with Crippen LogP contribution in [0.15, 0.2) is 254 Å². The molecule has 0 N–H and O–H groups in total. The van der Waals surface area contributed by atoms with Gasteiger partial charge in [0, 0.05) is 82.5 Å². The van der Waals surface area contributed by atoms with Crippen LogP contribution in [0.2, 0.25) is 0 Å². The molecule has 87 heavy (non-hydrogen) atoms. The van der Waals surface area contributed by atoms with Crippen molar-refractivity contribution >= 4 is 143 Å². The average Bonchev–Trinajstić information content (AvgIpc) is 1.72. The third-order valence-electron chi connectivity index (χ3n) is 18.2. The first kappa shape index (κ1) is 50.7. The van der Waals surface area contributed by atoms with Crippen molar-refractivity contribution in [1.29, 1.82) is 0 Å². The van der Waals surface area contributed by atoms with E-state index < -0.39 is 0 Å². The quantitative estimate of drug-likeness (QED) is 0.144. The molecule has 0 radical (unpaired) electrons. The third-order valence-corrected chi connectivity index (χ3v) is 18.2. The second kappa shape index (κ2) is 19.4. The first-order chi connectivity index (χ1) is 42.6. The van der Waals surface area contributed by atoms with Crippen LogP contribution in [0.5, 0.6) is 0 Å². The molecule has 4 aromatic heterocycles. The maximum atomic E-state index is 7.15. The number of para-hydroxylation sites is 4. The predicted octanol–water partition coefficient (Wildman–Crippen LogP) is 24.2. The van der Waals surface area contributed by atoms with Crippen LogP contribution >= 0.6 is 0 Å². The third kappa shape index (κ3) is 7.80. The molecule has 0 saturated heterocycles. The van der Waals surface area contributed by atoms with Gasteiger partial charge in [0.1, 0.15) is 33.5 Å². The highest BCUT2D eigenvalue weighted by Crippen LogP contribution is 2.51.